The molecule has 0 bridgehead atoms. The van der Waals surface area contributed by atoms with Crippen LogP contribution in [0, 0.1) is 11.7 Å². The SMILES string of the molecule is Cl.Fc1cccc([C@@H](CC2CC2)N2CCNCC2)c1. The predicted molar refractivity (Wildman–Crippen MR) is 78.2 cm³/mol. The molecule has 3 rings (SSSR count). The Bertz CT molecular complexity index is 403. The highest BCUT2D eigenvalue weighted by molar-refractivity contribution is 5.85. The Morgan fingerprint density at radius 1 is 1.26 bits per heavy atom. The molecule has 2 fully saturated rings. The van der Waals surface area contributed by atoms with Gasteiger partial charge in [0.25, 0.3) is 0 Å². The summed E-state index contributed by atoms with van der Waals surface area (Å²) >= 11 is 0. The largest absolute Gasteiger partial charge is 0.314 e. The molecule has 0 unspecified atom stereocenters. The number of hydrogen-bond donors (Lipinski definition) is 1. The Morgan fingerprint density at radius 2 is 2.00 bits per heavy atom. The summed E-state index contributed by atoms with van der Waals surface area (Å²) in [6.45, 7) is 4.26. The van der Waals surface area contributed by atoms with Crippen LogP contribution in [0.2, 0.25) is 0 Å². The first-order chi connectivity index (χ1) is 8.83. The van der Waals surface area contributed by atoms with Crippen molar-refractivity contribution >= 4 is 12.4 Å². The standard InChI is InChI=1S/C15H21FN2.ClH/c16-14-3-1-2-13(11-14)15(10-12-4-5-12)18-8-6-17-7-9-18;/h1-3,11-12,15,17H,4-10H2;1H/t15-;/m1./s1. The molecule has 106 valence electrons. The van der Waals surface area contributed by atoms with E-state index in [9.17, 15) is 4.39 Å². The molecule has 1 aliphatic heterocycles. The minimum atomic E-state index is -0.108. The Kier molecular flexibility index (Phi) is 5.20. The Balaban J connectivity index is 0.00000133. The molecule has 0 amide bonds. The van der Waals surface area contributed by atoms with Gasteiger partial charge in [-0.25, -0.2) is 4.39 Å². The molecular formula is C15H22ClFN2. The topological polar surface area (TPSA) is 15.3 Å². The summed E-state index contributed by atoms with van der Waals surface area (Å²) in [5.41, 5.74) is 1.16. The summed E-state index contributed by atoms with van der Waals surface area (Å²) in [7, 11) is 0. The first kappa shape index (κ1) is 14.8. The fourth-order valence-corrected chi connectivity index (χ4v) is 2.87. The van der Waals surface area contributed by atoms with Crippen molar-refractivity contribution in [3.05, 3.63) is 35.6 Å². The number of nitrogens with one attached hydrogen (secondary N) is 1. The molecule has 1 aromatic rings. The molecule has 1 atom stereocenters. The minimum Gasteiger partial charge on any atom is -0.314 e. The number of halogens is 2. The van der Waals surface area contributed by atoms with Gasteiger partial charge in [-0.1, -0.05) is 25.0 Å². The average Bonchev–Trinajstić information content (AvgIpc) is 3.21. The molecular weight excluding hydrogens is 263 g/mol. The molecule has 2 nitrogen and oxygen atoms in total. The van der Waals surface area contributed by atoms with Gasteiger partial charge in [-0.05, 0) is 30.0 Å². The van der Waals surface area contributed by atoms with Crippen LogP contribution in [0.4, 0.5) is 4.39 Å². The van der Waals surface area contributed by atoms with Gasteiger partial charge < -0.3 is 5.32 Å². The molecule has 0 aromatic heterocycles. The molecule has 1 aromatic carbocycles. The van der Waals surface area contributed by atoms with E-state index in [4.69, 9.17) is 0 Å². The van der Waals surface area contributed by atoms with Gasteiger partial charge >= 0.3 is 0 Å². The molecule has 1 saturated carbocycles. The van der Waals surface area contributed by atoms with E-state index in [0.717, 1.165) is 37.7 Å². The van der Waals surface area contributed by atoms with Crippen LogP contribution in [0.1, 0.15) is 30.9 Å². The van der Waals surface area contributed by atoms with E-state index >= 15 is 0 Å². The van der Waals surface area contributed by atoms with Gasteiger partial charge in [0.15, 0.2) is 0 Å². The highest BCUT2D eigenvalue weighted by atomic mass is 35.5. The lowest BCUT2D eigenvalue weighted by Gasteiger charge is -2.35. The van der Waals surface area contributed by atoms with Crippen LogP contribution >= 0.6 is 12.4 Å². The Hall–Kier alpha value is -0.640. The van der Waals surface area contributed by atoms with Gasteiger partial charge in [0.2, 0.25) is 0 Å². The number of piperazine rings is 1. The Morgan fingerprint density at radius 3 is 2.63 bits per heavy atom. The fraction of sp³-hybridized carbons (Fsp3) is 0.600. The van der Waals surface area contributed by atoms with E-state index in [0.29, 0.717) is 6.04 Å². The second kappa shape index (κ2) is 6.69. The normalized spacial score (nSPS) is 21.7. The van der Waals surface area contributed by atoms with Crippen LogP contribution in [0.15, 0.2) is 24.3 Å². The number of hydrogen-bond acceptors (Lipinski definition) is 2. The molecule has 2 aliphatic rings. The van der Waals surface area contributed by atoms with E-state index in [1.807, 2.05) is 6.07 Å². The lowest BCUT2D eigenvalue weighted by atomic mass is 9.98. The lowest BCUT2D eigenvalue weighted by molar-refractivity contribution is 0.160. The third kappa shape index (κ3) is 3.91. The molecule has 1 aliphatic carbocycles. The zero-order chi connectivity index (χ0) is 12.4. The number of benzene rings is 1. The summed E-state index contributed by atoms with van der Waals surface area (Å²) in [4.78, 5) is 2.52. The molecule has 0 radical (unpaired) electrons. The first-order valence-electron chi connectivity index (χ1n) is 7.03. The molecule has 4 heteroatoms. The monoisotopic (exact) mass is 284 g/mol. The van der Waals surface area contributed by atoms with Gasteiger partial charge in [-0.2, -0.15) is 0 Å². The third-order valence-corrected chi connectivity index (χ3v) is 4.08. The van der Waals surface area contributed by atoms with Crippen LogP contribution in [0.25, 0.3) is 0 Å². The van der Waals surface area contributed by atoms with Gasteiger partial charge in [0, 0.05) is 32.2 Å². The second-order valence-corrected chi connectivity index (χ2v) is 5.54. The smallest absolute Gasteiger partial charge is 0.123 e. The van der Waals surface area contributed by atoms with Crippen LogP contribution in [0.3, 0.4) is 0 Å². The number of rotatable bonds is 4. The fourth-order valence-electron chi connectivity index (χ4n) is 2.87. The quantitative estimate of drug-likeness (QED) is 0.914. The summed E-state index contributed by atoms with van der Waals surface area (Å²) in [6.07, 6.45) is 3.92. The molecule has 0 spiro atoms. The van der Waals surface area contributed by atoms with Crippen molar-refractivity contribution in [2.24, 2.45) is 5.92 Å². The van der Waals surface area contributed by atoms with E-state index in [-0.39, 0.29) is 18.2 Å². The molecule has 1 heterocycles. The van der Waals surface area contributed by atoms with Crippen molar-refractivity contribution in [3.8, 4) is 0 Å². The van der Waals surface area contributed by atoms with Crippen molar-refractivity contribution in [1.82, 2.24) is 10.2 Å². The highest BCUT2D eigenvalue weighted by Crippen LogP contribution is 2.40. The maximum absolute atomic E-state index is 13.4. The lowest BCUT2D eigenvalue weighted by Crippen LogP contribution is -2.45. The molecule has 19 heavy (non-hydrogen) atoms. The van der Waals surface area contributed by atoms with Gasteiger partial charge in [-0.3, -0.25) is 4.90 Å². The Labute approximate surface area is 120 Å². The van der Waals surface area contributed by atoms with Crippen LogP contribution in [-0.2, 0) is 0 Å². The zero-order valence-corrected chi connectivity index (χ0v) is 12.0. The molecule has 1 N–H and O–H groups in total. The maximum Gasteiger partial charge on any atom is 0.123 e. The average molecular weight is 285 g/mol. The predicted octanol–water partition coefficient (Wildman–Crippen LogP) is 2.99. The minimum absolute atomic E-state index is 0. The summed E-state index contributed by atoms with van der Waals surface area (Å²) < 4.78 is 13.4. The van der Waals surface area contributed by atoms with E-state index in [1.54, 1.807) is 6.07 Å². The van der Waals surface area contributed by atoms with E-state index in [1.165, 1.54) is 25.3 Å². The van der Waals surface area contributed by atoms with Gasteiger partial charge in [0.05, 0.1) is 0 Å². The van der Waals surface area contributed by atoms with Crippen molar-refractivity contribution in [1.29, 1.82) is 0 Å². The van der Waals surface area contributed by atoms with E-state index in [2.05, 4.69) is 16.3 Å². The number of nitrogens with zero attached hydrogens (tertiary/aromatic N) is 1. The maximum atomic E-state index is 13.4. The van der Waals surface area contributed by atoms with Crippen molar-refractivity contribution in [2.75, 3.05) is 26.2 Å². The van der Waals surface area contributed by atoms with E-state index < -0.39 is 0 Å². The van der Waals surface area contributed by atoms with Gasteiger partial charge in [-0.15, -0.1) is 12.4 Å². The van der Waals surface area contributed by atoms with Crippen molar-refractivity contribution < 1.29 is 4.39 Å². The summed E-state index contributed by atoms with van der Waals surface area (Å²) in [6, 6.07) is 7.59. The highest BCUT2D eigenvalue weighted by Gasteiger charge is 2.30. The first-order valence-corrected chi connectivity index (χ1v) is 7.03. The zero-order valence-electron chi connectivity index (χ0n) is 11.1. The van der Waals surface area contributed by atoms with Crippen molar-refractivity contribution in [3.63, 3.8) is 0 Å². The van der Waals surface area contributed by atoms with Crippen LogP contribution in [-0.4, -0.2) is 31.1 Å². The third-order valence-electron chi connectivity index (χ3n) is 4.08. The molecule has 1 saturated heterocycles. The summed E-state index contributed by atoms with van der Waals surface area (Å²) in [5, 5.41) is 3.39. The van der Waals surface area contributed by atoms with Crippen LogP contribution < -0.4 is 5.32 Å². The van der Waals surface area contributed by atoms with Gasteiger partial charge in [0.1, 0.15) is 5.82 Å². The van der Waals surface area contributed by atoms with Crippen LogP contribution in [0.5, 0.6) is 0 Å². The summed E-state index contributed by atoms with van der Waals surface area (Å²) in [5.74, 6) is 0.761. The second-order valence-electron chi connectivity index (χ2n) is 5.54. The van der Waals surface area contributed by atoms with Crippen molar-refractivity contribution in [2.45, 2.75) is 25.3 Å².